The molecule has 2 heterocycles. The number of allylic oxidation sites excluding steroid dienone is 6. The SMILES string of the molecule is CC.C\C=C/C(=C\C(=C\CC)C1CC1)c1noc(CNC(=O)c2ccc(Br)s2)n1. The third kappa shape index (κ3) is 7.08. The minimum Gasteiger partial charge on any atom is -0.342 e. The Morgan fingerprint density at radius 1 is 1.38 bits per heavy atom. The van der Waals surface area contributed by atoms with Gasteiger partial charge in [0.05, 0.1) is 15.2 Å². The van der Waals surface area contributed by atoms with Crippen LogP contribution in [0.4, 0.5) is 0 Å². The van der Waals surface area contributed by atoms with E-state index in [1.54, 1.807) is 6.07 Å². The number of halogens is 1. The van der Waals surface area contributed by atoms with Crippen molar-refractivity contribution in [3.63, 3.8) is 0 Å². The molecule has 29 heavy (non-hydrogen) atoms. The smallest absolute Gasteiger partial charge is 0.261 e. The molecule has 0 unspecified atom stereocenters. The topological polar surface area (TPSA) is 68.0 Å². The van der Waals surface area contributed by atoms with E-state index in [0.717, 1.165) is 15.8 Å². The lowest BCUT2D eigenvalue weighted by atomic mass is 10.1. The monoisotopic (exact) mass is 477 g/mol. The zero-order valence-electron chi connectivity index (χ0n) is 17.4. The second-order valence-corrected chi connectivity index (χ2v) is 8.75. The minimum atomic E-state index is -0.156. The summed E-state index contributed by atoms with van der Waals surface area (Å²) in [5, 5.41) is 6.90. The summed E-state index contributed by atoms with van der Waals surface area (Å²) in [7, 11) is 0. The number of rotatable bonds is 8. The van der Waals surface area contributed by atoms with Crippen LogP contribution < -0.4 is 5.32 Å². The zero-order valence-corrected chi connectivity index (χ0v) is 19.8. The Hall–Kier alpha value is -1.99. The maximum Gasteiger partial charge on any atom is 0.261 e. The molecule has 0 aromatic carbocycles. The van der Waals surface area contributed by atoms with E-state index in [1.807, 2.05) is 39.0 Å². The fourth-order valence-corrected chi connectivity index (χ4v) is 3.97. The van der Waals surface area contributed by atoms with Crippen molar-refractivity contribution in [1.82, 2.24) is 15.5 Å². The summed E-state index contributed by atoms with van der Waals surface area (Å²) in [5.41, 5.74) is 2.26. The van der Waals surface area contributed by atoms with E-state index in [4.69, 9.17) is 4.52 Å². The Bertz CT molecular complexity index is 892. The molecule has 5 nitrogen and oxygen atoms in total. The number of carbonyl (C=O) groups is 1. The number of amides is 1. The van der Waals surface area contributed by atoms with E-state index < -0.39 is 0 Å². The normalized spacial score (nSPS) is 14.7. The first-order chi connectivity index (χ1) is 14.1. The van der Waals surface area contributed by atoms with Gasteiger partial charge in [-0.15, -0.1) is 11.3 Å². The Morgan fingerprint density at radius 3 is 2.72 bits per heavy atom. The number of nitrogens with zero attached hydrogens (tertiary/aromatic N) is 2. The van der Waals surface area contributed by atoms with Crippen LogP contribution in [-0.4, -0.2) is 16.0 Å². The molecular formula is C22H28BrN3O2S. The van der Waals surface area contributed by atoms with Gasteiger partial charge in [-0.05, 0) is 71.8 Å². The van der Waals surface area contributed by atoms with Gasteiger partial charge < -0.3 is 9.84 Å². The fraction of sp³-hybridized carbons (Fsp3) is 0.409. The third-order valence-electron chi connectivity index (χ3n) is 4.08. The summed E-state index contributed by atoms with van der Waals surface area (Å²) in [6.07, 6.45) is 11.9. The van der Waals surface area contributed by atoms with Crippen LogP contribution in [0, 0.1) is 5.92 Å². The van der Waals surface area contributed by atoms with Crippen LogP contribution in [0.3, 0.4) is 0 Å². The molecule has 0 atom stereocenters. The van der Waals surface area contributed by atoms with Crippen LogP contribution in [-0.2, 0) is 6.54 Å². The number of carbonyl (C=O) groups excluding carboxylic acids is 1. The van der Waals surface area contributed by atoms with Gasteiger partial charge in [-0.3, -0.25) is 4.79 Å². The fourth-order valence-electron chi connectivity index (χ4n) is 2.67. The molecule has 1 N–H and O–H groups in total. The van der Waals surface area contributed by atoms with Gasteiger partial charge in [0.1, 0.15) is 0 Å². The van der Waals surface area contributed by atoms with Crippen LogP contribution in [0.1, 0.15) is 68.3 Å². The van der Waals surface area contributed by atoms with E-state index in [9.17, 15) is 4.79 Å². The number of hydrogen-bond donors (Lipinski definition) is 1. The van der Waals surface area contributed by atoms with Crippen molar-refractivity contribution in [2.75, 3.05) is 0 Å². The number of thiophene rings is 1. The van der Waals surface area contributed by atoms with Crippen molar-refractivity contribution in [2.45, 2.75) is 53.5 Å². The average Bonchev–Trinajstić information content (AvgIpc) is 3.31. The molecule has 1 saturated carbocycles. The van der Waals surface area contributed by atoms with Crippen LogP contribution in [0.5, 0.6) is 0 Å². The quantitative estimate of drug-likeness (QED) is 0.437. The third-order valence-corrected chi connectivity index (χ3v) is 5.70. The molecule has 0 radical (unpaired) electrons. The first-order valence-corrected chi connectivity index (χ1v) is 11.6. The maximum atomic E-state index is 12.1. The van der Waals surface area contributed by atoms with E-state index in [2.05, 4.69) is 50.5 Å². The highest BCUT2D eigenvalue weighted by Crippen LogP contribution is 2.38. The standard InChI is InChI=1S/C20H22BrN3O2S.C2H6/c1-3-5-14(13-7-8-13)11-15(6-4-2)19-23-18(26-24-19)12-22-20(25)16-9-10-17(21)27-16;1-2/h4-6,9-11,13H,3,7-8,12H2,1-2H3,(H,22,25);1-2H3/b6-4-,14-5-,15-11+;. The van der Waals surface area contributed by atoms with E-state index in [-0.39, 0.29) is 12.5 Å². The van der Waals surface area contributed by atoms with Crippen molar-refractivity contribution in [3.8, 4) is 0 Å². The predicted molar refractivity (Wildman–Crippen MR) is 123 cm³/mol. The van der Waals surface area contributed by atoms with Crippen molar-refractivity contribution in [1.29, 1.82) is 0 Å². The van der Waals surface area contributed by atoms with Crippen molar-refractivity contribution in [2.24, 2.45) is 5.92 Å². The van der Waals surface area contributed by atoms with Crippen LogP contribution >= 0.6 is 27.3 Å². The lowest BCUT2D eigenvalue weighted by molar-refractivity contribution is 0.0950. The Labute approximate surface area is 185 Å². The summed E-state index contributed by atoms with van der Waals surface area (Å²) in [5.74, 6) is 1.42. The van der Waals surface area contributed by atoms with E-state index in [0.29, 0.717) is 22.5 Å². The molecule has 0 spiro atoms. The van der Waals surface area contributed by atoms with E-state index >= 15 is 0 Å². The number of hydrogen-bond acceptors (Lipinski definition) is 5. The number of aromatic nitrogens is 2. The van der Waals surface area contributed by atoms with Crippen molar-refractivity contribution in [3.05, 3.63) is 62.4 Å². The Balaban J connectivity index is 0.00000145. The first kappa shape index (κ1) is 23.3. The highest BCUT2D eigenvalue weighted by molar-refractivity contribution is 9.11. The highest BCUT2D eigenvalue weighted by Gasteiger charge is 2.25. The molecule has 2 aromatic rings. The Kier molecular flexibility index (Phi) is 9.54. The molecule has 2 aromatic heterocycles. The molecule has 0 saturated heterocycles. The summed E-state index contributed by atoms with van der Waals surface area (Å²) in [6, 6.07) is 3.62. The second-order valence-electron chi connectivity index (χ2n) is 6.28. The van der Waals surface area contributed by atoms with E-state index in [1.165, 1.54) is 29.8 Å². The van der Waals surface area contributed by atoms with Gasteiger partial charge in [-0.2, -0.15) is 4.98 Å². The minimum absolute atomic E-state index is 0.156. The average molecular weight is 478 g/mol. The largest absolute Gasteiger partial charge is 0.342 e. The molecule has 156 valence electrons. The number of nitrogens with one attached hydrogen (secondary N) is 1. The van der Waals surface area contributed by atoms with Crippen LogP contribution in [0.15, 0.2) is 50.3 Å². The predicted octanol–water partition coefficient (Wildman–Crippen LogP) is 6.56. The maximum absolute atomic E-state index is 12.1. The second kappa shape index (κ2) is 11.9. The van der Waals surface area contributed by atoms with Crippen LogP contribution in [0.2, 0.25) is 0 Å². The molecular weight excluding hydrogens is 450 g/mol. The summed E-state index contributed by atoms with van der Waals surface area (Å²) < 4.78 is 6.24. The Morgan fingerprint density at radius 2 is 2.14 bits per heavy atom. The molecule has 3 rings (SSSR count). The van der Waals surface area contributed by atoms with Crippen molar-refractivity contribution < 1.29 is 9.32 Å². The summed E-state index contributed by atoms with van der Waals surface area (Å²) >= 11 is 4.74. The van der Waals surface area contributed by atoms with Crippen LogP contribution in [0.25, 0.3) is 5.57 Å². The molecule has 1 aliphatic carbocycles. The molecule has 0 aliphatic heterocycles. The van der Waals surface area contributed by atoms with Gasteiger partial charge in [0.2, 0.25) is 11.7 Å². The highest BCUT2D eigenvalue weighted by atomic mass is 79.9. The van der Waals surface area contributed by atoms with Gasteiger partial charge >= 0.3 is 0 Å². The zero-order chi connectivity index (χ0) is 21.2. The molecule has 1 aliphatic rings. The summed E-state index contributed by atoms with van der Waals surface area (Å²) in [6.45, 7) is 8.31. The first-order valence-electron chi connectivity index (χ1n) is 10.0. The lowest BCUT2D eigenvalue weighted by Crippen LogP contribution is -2.21. The van der Waals surface area contributed by atoms with Gasteiger partial charge in [0.15, 0.2) is 0 Å². The van der Waals surface area contributed by atoms with Gasteiger partial charge in [-0.1, -0.05) is 44.2 Å². The molecule has 7 heteroatoms. The summed E-state index contributed by atoms with van der Waals surface area (Å²) in [4.78, 5) is 17.2. The van der Waals surface area contributed by atoms with Gasteiger partial charge in [-0.25, -0.2) is 0 Å². The van der Waals surface area contributed by atoms with Crippen molar-refractivity contribution >= 4 is 38.7 Å². The molecule has 1 fully saturated rings. The lowest BCUT2D eigenvalue weighted by Gasteiger charge is -2.01. The van der Waals surface area contributed by atoms with Gasteiger partial charge in [0.25, 0.3) is 5.91 Å². The molecule has 0 bridgehead atoms. The molecule has 1 amide bonds. The van der Waals surface area contributed by atoms with Gasteiger partial charge in [0, 0.05) is 5.57 Å².